The Morgan fingerprint density at radius 3 is 2.75 bits per heavy atom. The summed E-state index contributed by atoms with van der Waals surface area (Å²) in [5, 5.41) is 3.62. The third-order valence-electron chi connectivity index (χ3n) is 4.25. The molecule has 1 aromatic carbocycles. The number of benzene rings is 1. The van der Waals surface area contributed by atoms with Crippen LogP contribution in [-0.4, -0.2) is 25.2 Å². The van der Waals surface area contributed by atoms with E-state index >= 15 is 0 Å². The summed E-state index contributed by atoms with van der Waals surface area (Å²) in [4.78, 5) is 2.27. The van der Waals surface area contributed by atoms with Gasteiger partial charge in [0, 0.05) is 25.2 Å². The number of nitrogens with one attached hydrogen (secondary N) is 1. The van der Waals surface area contributed by atoms with Crippen LogP contribution in [0.5, 0.6) is 0 Å². The minimum atomic E-state index is -0.0900. The van der Waals surface area contributed by atoms with Crippen molar-refractivity contribution in [2.45, 2.75) is 52.6 Å². The van der Waals surface area contributed by atoms with Gasteiger partial charge in [-0.25, -0.2) is 4.39 Å². The summed E-state index contributed by atoms with van der Waals surface area (Å²) < 4.78 is 14.3. The molecule has 0 aromatic heterocycles. The highest BCUT2D eigenvalue weighted by molar-refractivity contribution is 5.51. The molecular formula is C17H27FN2. The van der Waals surface area contributed by atoms with Crippen LogP contribution in [0.3, 0.4) is 0 Å². The van der Waals surface area contributed by atoms with E-state index in [1.807, 2.05) is 19.1 Å². The number of hydrogen-bond donors (Lipinski definition) is 1. The Morgan fingerprint density at radius 1 is 1.40 bits per heavy atom. The van der Waals surface area contributed by atoms with E-state index in [9.17, 15) is 4.39 Å². The third-order valence-corrected chi connectivity index (χ3v) is 4.25. The first-order valence-electron chi connectivity index (χ1n) is 7.79. The molecule has 2 unspecified atom stereocenters. The lowest BCUT2D eigenvalue weighted by molar-refractivity contribution is 0.325. The topological polar surface area (TPSA) is 15.3 Å². The number of hydrogen-bond acceptors (Lipinski definition) is 2. The Labute approximate surface area is 122 Å². The van der Waals surface area contributed by atoms with Crippen molar-refractivity contribution in [3.63, 3.8) is 0 Å². The Balaban J connectivity index is 2.26. The van der Waals surface area contributed by atoms with Crippen LogP contribution in [0.4, 0.5) is 10.1 Å². The minimum Gasteiger partial charge on any atom is -0.363 e. The van der Waals surface area contributed by atoms with E-state index in [0.29, 0.717) is 18.0 Å². The number of nitrogens with zero attached hydrogens (tertiary/aromatic N) is 1. The number of aryl methyl sites for hydroxylation is 1. The molecule has 1 heterocycles. The molecule has 0 amide bonds. The molecular weight excluding hydrogens is 251 g/mol. The van der Waals surface area contributed by atoms with E-state index in [0.717, 1.165) is 37.2 Å². The zero-order chi connectivity index (χ0) is 14.7. The van der Waals surface area contributed by atoms with Gasteiger partial charge in [-0.05, 0) is 37.0 Å². The average molecular weight is 278 g/mol. The number of piperazine rings is 1. The first-order valence-corrected chi connectivity index (χ1v) is 7.79. The SMILES string of the molecule is CCCC1CN(c2ccc(C)cc2F)C(C(C)C)CN1. The second kappa shape index (κ2) is 6.57. The van der Waals surface area contributed by atoms with Gasteiger partial charge in [0.15, 0.2) is 0 Å². The van der Waals surface area contributed by atoms with Crippen LogP contribution >= 0.6 is 0 Å². The number of anilines is 1. The lowest BCUT2D eigenvalue weighted by Gasteiger charge is -2.44. The van der Waals surface area contributed by atoms with Crippen molar-refractivity contribution >= 4 is 5.69 Å². The maximum atomic E-state index is 14.3. The van der Waals surface area contributed by atoms with Gasteiger partial charge in [0.2, 0.25) is 0 Å². The van der Waals surface area contributed by atoms with E-state index in [4.69, 9.17) is 0 Å². The lowest BCUT2D eigenvalue weighted by atomic mass is 9.96. The van der Waals surface area contributed by atoms with Crippen molar-refractivity contribution < 1.29 is 4.39 Å². The smallest absolute Gasteiger partial charge is 0.146 e. The summed E-state index contributed by atoms with van der Waals surface area (Å²) in [5.74, 6) is 0.415. The van der Waals surface area contributed by atoms with Crippen LogP contribution in [-0.2, 0) is 0 Å². The highest BCUT2D eigenvalue weighted by Crippen LogP contribution is 2.27. The normalized spacial score (nSPS) is 23.4. The Morgan fingerprint density at radius 2 is 2.15 bits per heavy atom. The predicted molar refractivity (Wildman–Crippen MR) is 83.8 cm³/mol. The monoisotopic (exact) mass is 278 g/mol. The fourth-order valence-electron chi connectivity index (χ4n) is 3.09. The second-order valence-electron chi connectivity index (χ2n) is 6.31. The Kier molecular flexibility index (Phi) is 5.03. The first kappa shape index (κ1) is 15.3. The van der Waals surface area contributed by atoms with E-state index in [1.165, 1.54) is 0 Å². The van der Waals surface area contributed by atoms with Gasteiger partial charge in [-0.2, -0.15) is 0 Å². The van der Waals surface area contributed by atoms with Crippen molar-refractivity contribution in [1.82, 2.24) is 5.32 Å². The van der Waals surface area contributed by atoms with Crippen LogP contribution in [0.25, 0.3) is 0 Å². The standard InChI is InChI=1S/C17H27FN2/c1-5-6-14-11-20(17(10-19-14)12(2)3)16-8-7-13(4)9-15(16)18/h7-9,12,14,17,19H,5-6,10-11H2,1-4H3. The van der Waals surface area contributed by atoms with E-state index in [2.05, 4.69) is 31.0 Å². The summed E-state index contributed by atoms with van der Waals surface area (Å²) in [6.07, 6.45) is 2.31. The molecule has 0 radical (unpaired) electrons. The van der Waals surface area contributed by atoms with Gasteiger partial charge < -0.3 is 10.2 Å². The van der Waals surface area contributed by atoms with Crippen LogP contribution in [0, 0.1) is 18.7 Å². The molecule has 1 N–H and O–H groups in total. The van der Waals surface area contributed by atoms with Gasteiger partial charge in [0.1, 0.15) is 5.82 Å². The molecule has 2 rings (SSSR count). The van der Waals surface area contributed by atoms with Gasteiger partial charge >= 0.3 is 0 Å². The van der Waals surface area contributed by atoms with Gasteiger partial charge in [-0.3, -0.25) is 0 Å². The van der Waals surface area contributed by atoms with Crippen molar-refractivity contribution in [3.05, 3.63) is 29.6 Å². The fourth-order valence-corrected chi connectivity index (χ4v) is 3.09. The van der Waals surface area contributed by atoms with E-state index < -0.39 is 0 Å². The van der Waals surface area contributed by atoms with Crippen LogP contribution in [0.15, 0.2) is 18.2 Å². The summed E-state index contributed by atoms with van der Waals surface area (Å²) in [6, 6.07) is 6.42. The number of rotatable bonds is 4. The molecule has 2 nitrogen and oxygen atoms in total. The van der Waals surface area contributed by atoms with Gasteiger partial charge in [-0.1, -0.05) is 33.3 Å². The van der Waals surface area contributed by atoms with Crippen molar-refractivity contribution in [2.24, 2.45) is 5.92 Å². The highest BCUT2D eigenvalue weighted by atomic mass is 19.1. The highest BCUT2D eigenvalue weighted by Gasteiger charge is 2.30. The molecule has 1 aliphatic heterocycles. The summed E-state index contributed by atoms with van der Waals surface area (Å²) in [5.41, 5.74) is 1.74. The van der Waals surface area contributed by atoms with Crippen molar-refractivity contribution in [3.8, 4) is 0 Å². The molecule has 1 saturated heterocycles. The summed E-state index contributed by atoms with van der Waals surface area (Å²) in [7, 11) is 0. The lowest BCUT2D eigenvalue weighted by Crippen LogP contribution is -2.58. The molecule has 1 aliphatic rings. The maximum absolute atomic E-state index is 14.3. The number of halogens is 1. The quantitative estimate of drug-likeness (QED) is 0.902. The molecule has 20 heavy (non-hydrogen) atoms. The van der Waals surface area contributed by atoms with Gasteiger partial charge in [0.25, 0.3) is 0 Å². The molecule has 1 fully saturated rings. The van der Waals surface area contributed by atoms with Gasteiger partial charge in [-0.15, -0.1) is 0 Å². The maximum Gasteiger partial charge on any atom is 0.146 e. The molecule has 0 aliphatic carbocycles. The molecule has 1 aromatic rings. The molecule has 0 spiro atoms. The molecule has 112 valence electrons. The van der Waals surface area contributed by atoms with Crippen LogP contribution < -0.4 is 10.2 Å². The summed E-state index contributed by atoms with van der Waals surface area (Å²) in [6.45, 7) is 10.4. The molecule has 3 heteroatoms. The Hall–Kier alpha value is -1.09. The molecule has 0 bridgehead atoms. The Bertz CT molecular complexity index is 445. The second-order valence-corrected chi connectivity index (χ2v) is 6.31. The molecule has 0 saturated carbocycles. The average Bonchev–Trinajstić information content (AvgIpc) is 2.38. The van der Waals surface area contributed by atoms with Crippen molar-refractivity contribution in [1.29, 1.82) is 0 Å². The third kappa shape index (κ3) is 3.32. The van der Waals surface area contributed by atoms with Crippen LogP contribution in [0.1, 0.15) is 39.2 Å². The zero-order valence-electron chi connectivity index (χ0n) is 13.1. The molecule has 2 atom stereocenters. The first-order chi connectivity index (χ1) is 9.52. The van der Waals surface area contributed by atoms with E-state index in [1.54, 1.807) is 6.07 Å². The minimum absolute atomic E-state index is 0.0900. The zero-order valence-corrected chi connectivity index (χ0v) is 13.1. The van der Waals surface area contributed by atoms with E-state index in [-0.39, 0.29) is 5.82 Å². The largest absolute Gasteiger partial charge is 0.363 e. The van der Waals surface area contributed by atoms with Gasteiger partial charge in [0.05, 0.1) is 5.69 Å². The predicted octanol–water partition coefficient (Wildman–Crippen LogP) is 3.74. The fraction of sp³-hybridized carbons (Fsp3) is 0.647. The summed E-state index contributed by atoms with van der Waals surface area (Å²) >= 11 is 0. The van der Waals surface area contributed by atoms with Crippen LogP contribution in [0.2, 0.25) is 0 Å². The van der Waals surface area contributed by atoms with Crippen molar-refractivity contribution in [2.75, 3.05) is 18.0 Å².